The van der Waals surface area contributed by atoms with Gasteiger partial charge in [0.25, 0.3) is 0 Å². The van der Waals surface area contributed by atoms with Gasteiger partial charge in [0.1, 0.15) is 0 Å². The molecule has 0 saturated carbocycles. The first-order valence-electron chi connectivity index (χ1n) is 5.61. The number of aryl methyl sites for hydroxylation is 1. The number of rotatable bonds is 4. The summed E-state index contributed by atoms with van der Waals surface area (Å²) in [5.74, 6) is 0. The van der Waals surface area contributed by atoms with Crippen LogP contribution in [0, 0.1) is 6.92 Å². The molecule has 2 aromatic rings. The standard InChI is InChI=1S/C14H15ClN2/c1-11-8-13(15)6-5-12(11)9-16-10-14-4-2-3-7-17-14/h2-8,16H,9-10H2,1H3. The second kappa shape index (κ2) is 5.80. The maximum Gasteiger partial charge on any atom is 0.0541 e. The van der Waals surface area contributed by atoms with E-state index in [0.717, 1.165) is 23.8 Å². The molecule has 0 aliphatic carbocycles. The highest BCUT2D eigenvalue weighted by molar-refractivity contribution is 6.30. The van der Waals surface area contributed by atoms with Crippen molar-refractivity contribution in [3.05, 3.63) is 64.4 Å². The highest BCUT2D eigenvalue weighted by atomic mass is 35.5. The molecule has 2 nitrogen and oxygen atoms in total. The van der Waals surface area contributed by atoms with Gasteiger partial charge in [-0.3, -0.25) is 4.98 Å². The smallest absolute Gasteiger partial charge is 0.0541 e. The summed E-state index contributed by atoms with van der Waals surface area (Å²) in [6, 6.07) is 11.9. The van der Waals surface area contributed by atoms with Gasteiger partial charge in [0.05, 0.1) is 5.69 Å². The fourth-order valence-corrected chi connectivity index (χ4v) is 1.91. The summed E-state index contributed by atoms with van der Waals surface area (Å²) in [5.41, 5.74) is 3.54. The summed E-state index contributed by atoms with van der Waals surface area (Å²) in [5, 5.41) is 4.16. The highest BCUT2D eigenvalue weighted by Crippen LogP contribution is 2.14. The molecule has 0 amide bonds. The second-order valence-electron chi connectivity index (χ2n) is 4.00. The van der Waals surface area contributed by atoms with Gasteiger partial charge in [0, 0.05) is 24.3 Å². The minimum atomic E-state index is 0.781. The van der Waals surface area contributed by atoms with Crippen molar-refractivity contribution < 1.29 is 0 Å². The summed E-state index contributed by atoms with van der Waals surface area (Å²) in [6.07, 6.45) is 1.81. The van der Waals surface area contributed by atoms with Gasteiger partial charge in [-0.2, -0.15) is 0 Å². The number of pyridine rings is 1. The molecule has 0 fully saturated rings. The predicted octanol–water partition coefficient (Wildman–Crippen LogP) is 3.33. The molecule has 0 unspecified atom stereocenters. The number of halogens is 1. The average Bonchev–Trinajstić information content (AvgIpc) is 2.33. The Kier molecular flexibility index (Phi) is 4.13. The molecule has 0 radical (unpaired) electrons. The van der Waals surface area contributed by atoms with Crippen molar-refractivity contribution in [3.8, 4) is 0 Å². The summed E-state index contributed by atoms with van der Waals surface area (Å²) >= 11 is 5.92. The van der Waals surface area contributed by atoms with Crippen LogP contribution in [0.3, 0.4) is 0 Å². The molecule has 3 heteroatoms. The molecular weight excluding hydrogens is 232 g/mol. The molecule has 1 aromatic heterocycles. The Balaban J connectivity index is 1.90. The molecule has 1 heterocycles. The molecule has 1 N–H and O–H groups in total. The summed E-state index contributed by atoms with van der Waals surface area (Å²) < 4.78 is 0. The number of benzene rings is 1. The fourth-order valence-electron chi connectivity index (χ4n) is 1.69. The van der Waals surface area contributed by atoms with Gasteiger partial charge in [0.15, 0.2) is 0 Å². The van der Waals surface area contributed by atoms with Crippen LogP contribution in [0.5, 0.6) is 0 Å². The SMILES string of the molecule is Cc1cc(Cl)ccc1CNCc1ccccn1. The Bertz CT molecular complexity index is 483. The van der Waals surface area contributed by atoms with E-state index in [2.05, 4.69) is 23.3 Å². The molecule has 17 heavy (non-hydrogen) atoms. The topological polar surface area (TPSA) is 24.9 Å². The van der Waals surface area contributed by atoms with Crippen molar-refractivity contribution in [1.29, 1.82) is 0 Å². The Morgan fingerprint density at radius 1 is 1.18 bits per heavy atom. The van der Waals surface area contributed by atoms with Gasteiger partial charge in [0.2, 0.25) is 0 Å². The van der Waals surface area contributed by atoms with Gasteiger partial charge in [-0.15, -0.1) is 0 Å². The Morgan fingerprint density at radius 2 is 2.06 bits per heavy atom. The van der Waals surface area contributed by atoms with Crippen LogP contribution in [-0.2, 0) is 13.1 Å². The predicted molar refractivity (Wildman–Crippen MR) is 71.0 cm³/mol. The Morgan fingerprint density at radius 3 is 2.76 bits per heavy atom. The minimum Gasteiger partial charge on any atom is -0.307 e. The van der Waals surface area contributed by atoms with Gasteiger partial charge >= 0.3 is 0 Å². The van der Waals surface area contributed by atoms with Gasteiger partial charge in [-0.1, -0.05) is 23.7 Å². The molecule has 0 aliphatic rings. The minimum absolute atomic E-state index is 0.781. The molecular formula is C14H15ClN2. The van der Waals surface area contributed by atoms with Crippen molar-refractivity contribution in [3.63, 3.8) is 0 Å². The van der Waals surface area contributed by atoms with Gasteiger partial charge < -0.3 is 5.32 Å². The van der Waals surface area contributed by atoms with E-state index in [9.17, 15) is 0 Å². The van der Waals surface area contributed by atoms with Crippen LogP contribution in [0.4, 0.5) is 0 Å². The van der Waals surface area contributed by atoms with E-state index in [1.165, 1.54) is 11.1 Å². The molecule has 0 spiro atoms. The zero-order chi connectivity index (χ0) is 12.1. The highest BCUT2D eigenvalue weighted by Gasteiger charge is 1.99. The molecule has 2 rings (SSSR count). The Labute approximate surface area is 107 Å². The van der Waals surface area contributed by atoms with Crippen LogP contribution in [0.15, 0.2) is 42.6 Å². The lowest BCUT2D eigenvalue weighted by Crippen LogP contribution is -2.14. The third kappa shape index (κ3) is 3.55. The van der Waals surface area contributed by atoms with E-state index in [-0.39, 0.29) is 0 Å². The number of nitrogens with zero attached hydrogens (tertiary/aromatic N) is 1. The molecule has 0 bridgehead atoms. The molecule has 0 atom stereocenters. The fraction of sp³-hybridized carbons (Fsp3) is 0.214. The first-order chi connectivity index (χ1) is 8.25. The Hall–Kier alpha value is -1.38. The van der Waals surface area contributed by atoms with E-state index in [1.807, 2.05) is 36.5 Å². The lowest BCUT2D eigenvalue weighted by atomic mass is 10.1. The lowest BCUT2D eigenvalue weighted by Gasteiger charge is -2.07. The molecule has 0 saturated heterocycles. The quantitative estimate of drug-likeness (QED) is 0.895. The van der Waals surface area contributed by atoms with Crippen LogP contribution in [-0.4, -0.2) is 4.98 Å². The number of hydrogen-bond donors (Lipinski definition) is 1. The van der Waals surface area contributed by atoms with Crippen LogP contribution >= 0.6 is 11.6 Å². The van der Waals surface area contributed by atoms with E-state index in [1.54, 1.807) is 0 Å². The van der Waals surface area contributed by atoms with E-state index < -0.39 is 0 Å². The van der Waals surface area contributed by atoms with Crippen molar-refractivity contribution in [2.45, 2.75) is 20.0 Å². The third-order valence-corrected chi connectivity index (χ3v) is 2.89. The zero-order valence-corrected chi connectivity index (χ0v) is 10.5. The summed E-state index contributed by atoms with van der Waals surface area (Å²) in [7, 11) is 0. The van der Waals surface area contributed by atoms with Crippen molar-refractivity contribution in [2.24, 2.45) is 0 Å². The maximum absolute atomic E-state index is 5.92. The molecule has 0 aliphatic heterocycles. The maximum atomic E-state index is 5.92. The van der Waals surface area contributed by atoms with Crippen LogP contribution in [0.1, 0.15) is 16.8 Å². The normalized spacial score (nSPS) is 10.5. The molecule has 1 aromatic carbocycles. The lowest BCUT2D eigenvalue weighted by molar-refractivity contribution is 0.677. The van der Waals surface area contributed by atoms with Crippen molar-refractivity contribution >= 4 is 11.6 Å². The number of hydrogen-bond acceptors (Lipinski definition) is 2. The van der Waals surface area contributed by atoms with Crippen LogP contribution < -0.4 is 5.32 Å². The van der Waals surface area contributed by atoms with Crippen LogP contribution in [0.25, 0.3) is 0 Å². The van der Waals surface area contributed by atoms with E-state index >= 15 is 0 Å². The van der Waals surface area contributed by atoms with Gasteiger partial charge in [-0.05, 0) is 42.3 Å². The van der Waals surface area contributed by atoms with Crippen molar-refractivity contribution in [1.82, 2.24) is 10.3 Å². The van der Waals surface area contributed by atoms with Gasteiger partial charge in [-0.25, -0.2) is 0 Å². The largest absolute Gasteiger partial charge is 0.307 e. The van der Waals surface area contributed by atoms with Crippen molar-refractivity contribution in [2.75, 3.05) is 0 Å². The second-order valence-corrected chi connectivity index (χ2v) is 4.43. The number of nitrogens with one attached hydrogen (secondary N) is 1. The average molecular weight is 247 g/mol. The summed E-state index contributed by atoms with van der Waals surface area (Å²) in [4.78, 5) is 4.26. The third-order valence-electron chi connectivity index (χ3n) is 2.65. The first kappa shape index (κ1) is 12.1. The van der Waals surface area contributed by atoms with E-state index in [0.29, 0.717) is 0 Å². The number of aromatic nitrogens is 1. The molecule has 88 valence electrons. The van der Waals surface area contributed by atoms with Crippen LogP contribution in [0.2, 0.25) is 5.02 Å². The first-order valence-corrected chi connectivity index (χ1v) is 5.99. The van der Waals surface area contributed by atoms with E-state index in [4.69, 9.17) is 11.6 Å². The zero-order valence-electron chi connectivity index (χ0n) is 9.78. The monoisotopic (exact) mass is 246 g/mol. The summed E-state index contributed by atoms with van der Waals surface area (Å²) in [6.45, 7) is 3.69.